The van der Waals surface area contributed by atoms with Gasteiger partial charge in [-0.25, -0.2) is 8.42 Å². The summed E-state index contributed by atoms with van der Waals surface area (Å²) >= 11 is 0. The van der Waals surface area contributed by atoms with Crippen LogP contribution in [0.3, 0.4) is 0 Å². The van der Waals surface area contributed by atoms with Crippen LogP contribution in [0.15, 0.2) is 77.7 Å². The first kappa shape index (κ1) is 18.4. The Morgan fingerprint density at radius 3 is 2.39 bits per heavy atom. The van der Waals surface area contributed by atoms with Crippen LogP contribution in [0, 0.1) is 6.92 Å². The van der Waals surface area contributed by atoms with E-state index < -0.39 is 16.1 Å². The molecule has 0 N–H and O–H groups in total. The second kappa shape index (κ2) is 7.20. The van der Waals surface area contributed by atoms with Crippen LogP contribution in [0.2, 0.25) is 0 Å². The predicted octanol–water partition coefficient (Wildman–Crippen LogP) is 4.68. The van der Waals surface area contributed by atoms with Crippen molar-refractivity contribution in [2.45, 2.75) is 24.8 Å². The van der Waals surface area contributed by atoms with Gasteiger partial charge >= 0.3 is 0 Å². The second-order valence-corrected chi connectivity index (χ2v) is 8.56. The number of sulfonamides is 1. The summed E-state index contributed by atoms with van der Waals surface area (Å²) < 4.78 is 39.5. The van der Waals surface area contributed by atoms with E-state index in [0.29, 0.717) is 17.2 Å². The zero-order chi connectivity index (χ0) is 19.7. The van der Waals surface area contributed by atoms with Crippen molar-refractivity contribution in [3.8, 4) is 11.5 Å². The molecule has 0 saturated carbocycles. The van der Waals surface area contributed by atoms with Gasteiger partial charge in [0.15, 0.2) is 11.5 Å². The molecule has 0 aliphatic carbocycles. The number of aryl methyl sites for hydroxylation is 1. The third-order valence-electron chi connectivity index (χ3n) is 4.79. The summed E-state index contributed by atoms with van der Waals surface area (Å²) in [6, 6.07) is 21.1. The lowest BCUT2D eigenvalue weighted by molar-refractivity contribution is 0.174. The summed E-state index contributed by atoms with van der Waals surface area (Å²) in [5.74, 6) is 1.16. The van der Waals surface area contributed by atoms with Crippen molar-refractivity contribution in [1.82, 2.24) is 0 Å². The van der Waals surface area contributed by atoms with Crippen molar-refractivity contribution < 1.29 is 17.9 Å². The van der Waals surface area contributed by atoms with Crippen LogP contribution >= 0.6 is 0 Å². The van der Waals surface area contributed by atoms with Crippen LogP contribution in [0.25, 0.3) is 0 Å². The highest BCUT2D eigenvalue weighted by molar-refractivity contribution is 7.92. The average Bonchev–Trinajstić information content (AvgIpc) is 3.16. The van der Waals surface area contributed by atoms with E-state index in [9.17, 15) is 8.42 Å². The minimum absolute atomic E-state index is 0.137. The fourth-order valence-electron chi connectivity index (χ4n) is 3.36. The zero-order valence-corrected chi connectivity index (χ0v) is 16.5. The molecule has 0 fully saturated rings. The molecule has 144 valence electrons. The zero-order valence-electron chi connectivity index (χ0n) is 15.7. The summed E-state index contributed by atoms with van der Waals surface area (Å²) in [5, 5.41) is 0. The van der Waals surface area contributed by atoms with Crippen molar-refractivity contribution in [3.63, 3.8) is 0 Å². The van der Waals surface area contributed by atoms with Gasteiger partial charge in [0.25, 0.3) is 10.0 Å². The molecule has 28 heavy (non-hydrogen) atoms. The van der Waals surface area contributed by atoms with Crippen LogP contribution < -0.4 is 13.8 Å². The Bertz CT molecular complexity index is 1100. The highest BCUT2D eigenvalue weighted by Crippen LogP contribution is 2.40. The Kier molecular flexibility index (Phi) is 4.73. The molecule has 3 aromatic rings. The van der Waals surface area contributed by atoms with E-state index in [1.165, 1.54) is 4.31 Å². The van der Waals surface area contributed by atoms with Gasteiger partial charge in [-0.2, -0.15) is 0 Å². The van der Waals surface area contributed by atoms with Crippen molar-refractivity contribution in [1.29, 1.82) is 0 Å². The van der Waals surface area contributed by atoms with E-state index in [1.807, 2.05) is 38.1 Å². The number of rotatable bonds is 5. The van der Waals surface area contributed by atoms with E-state index in [1.54, 1.807) is 48.5 Å². The number of hydrogen-bond acceptors (Lipinski definition) is 4. The van der Waals surface area contributed by atoms with Gasteiger partial charge in [0, 0.05) is 6.07 Å². The Labute approximate surface area is 165 Å². The number of benzene rings is 3. The molecule has 6 heteroatoms. The predicted molar refractivity (Wildman–Crippen MR) is 108 cm³/mol. The third-order valence-corrected chi connectivity index (χ3v) is 6.70. The van der Waals surface area contributed by atoms with Crippen LogP contribution in [0.5, 0.6) is 11.5 Å². The normalized spacial score (nSPS) is 13.9. The molecule has 0 spiro atoms. The minimum Gasteiger partial charge on any atom is -0.454 e. The Balaban J connectivity index is 1.86. The van der Waals surface area contributed by atoms with Gasteiger partial charge in [0.1, 0.15) is 0 Å². The summed E-state index contributed by atoms with van der Waals surface area (Å²) in [4.78, 5) is 0.243. The SMILES string of the molecule is Cc1cccc(C(C)N(c2ccc3c(c2)OCO3)S(=O)(=O)c2ccccc2)c1. The van der Waals surface area contributed by atoms with Crippen molar-refractivity contribution in [3.05, 3.63) is 83.9 Å². The maximum atomic E-state index is 13.6. The molecular formula is C22H21NO4S. The van der Waals surface area contributed by atoms with E-state index >= 15 is 0 Å². The molecule has 0 amide bonds. The molecule has 0 bridgehead atoms. The van der Waals surface area contributed by atoms with Crippen molar-refractivity contribution >= 4 is 15.7 Å². The van der Waals surface area contributed by atoms with Gasteiger partial charge in [-0.1, -0.05) is 48.0 Å². The van der Waals surface area contributed by atoms with E-state index in [-0.39, 0.29) is 11.7 Å². The molecule has 0 saturated heterocycles. The van der Waals surface area contributed by atoms with Crippen molar-refractivity contribution in [2.75, 3.05) is 11.1 Å². The summed E-state index contributed by atoms with van der Waals surface area (Å²) in [7, 11) is -3.79. The molecule has 5 nitrogen and oxygen atoms in total. The topological polar surface area (TPSA) is 55.8 Å². The van der Waals surface area contributed by atoms with Crippen LogP contribution in [0.4, 0.5) is 5.69 Å². The molecule has 1 aliphatic heterocycles. The quantitative estimate of drug-likeness (QED) is 0.629. The highest BCUT2D eigenvalue weighted by Gasteiger charge is 2.31. The monoisotopic (exact) mass is 395 g/mol. The van der Waals surface area contributed by atoms with Crippen LogP contribution in [-0.2, 0) is 10.0 Å². The van der Waals surface area contributed by atoms with E-state index in [4.69, 9.17) is 9.47 Å². The van der Waals surface area contributed by atoms with Crippen LogP contribution in [0.1, 0.15) is 24.1 Å². The molecule has 1 atom stereocenters. The lowest BCUT2D eigenvalue weighted by Gasteiger charge is -2.31. The fourth-order valence-corrected chi connectivity index (χ4v) is 5.02. The van der Waals surface area contributed by atoms with Gasteiger partial charge < -0.3 is 9.47 Å². The lowest BCUT2D eigenvalue weighted by atomic mass is 10.1. The smallest absolute Gasteiger partial charge is 0.264 e. The van der Waals surface area contributed by atoms with Crippen molar-refractivity contribution in [2.24, 2.45) is 0 Å². The molecule has 4 rings (SSSR count). The molecule has 0 radical (unpaired) electrons. The van der Waals surface area contributed by atoms with E-state index in [0.717, 1.165) is 11.1 Å². The van der Waals surface area contributed by atoms with Gasteiger partial charge in [0.05, 0.1) is 16.6 Å². The third kappa shape index (κ3) is 3.31. The summed E-state index contributed by atoms with van der Waals surface area (Å²) in [6.07, 6.45) is 0. The molecular weight excluding hydrogens is 374 g/mol. The number of fused-ring (bicyclic) bond motifs is 1. The summed E-state index contributed by atoms with van der Waals surface area (Å²) in [6.45, 7) is 4.02. The number of hydrogen-bond donors (Lipinski definition) is 0. The molecule has 1 aliphatic rings. The highest BCUT2D eigenvalue weighted by atomic mass is 32.2. The molecule has 1 heterocycles. The first-order valence-electron chi connectivity index (χ1n) is 9.02. The Morgan fingerprint density at radius 1 is 0.893 bits per heavy atom. The Hall–Kier alpha value is -2.99. The number of ether oxygens (including phenoxy) is 2. The van der Waals surface area contributed by atoms with Crippen LogP contribution in [-0.4, -0.2) is 15.2 Å². The Morgan fingerprint density at radius 2 is 1.64 bits per heavy atom. The van der Waals surface area contributed by atoms with Gasteiger partial charge in [0.2, 0.25) is 6.79 Å². The minimum atomic E-state index is -3.79. The second-order valence-electron chi connectivity index (χ2n) is 6.74. The molecule has 0 aromatic heterocycles. The molecule has 1 unspecified atom stereocenters. The lowest BCUT2D eigenvalue weighted by Crippen LogP contribution is -2.33. The number of anilines is 1. The summed E-state index contributed by atoms with van der Waals surface area (Å²) in [5.41, 5.74) is 2.52. The first-order valence-corrected chi connectivity index (χ1v) is 10.5. The van der Waals surface area contributed by atoms with E-state index in [2.05, 4.69) is 0 Å². The molecule has 3 aromatic carbocycles. The maximum absolute atomic E-state index is 13.6. The largest absolute Gasteiger partial charge is 0.454 e. The average molecular weight is 395 g/mol. The number of nitrogens with zero attached hydrogens (tertiary/aromatic N) is 1. The fraction of sp³-hybridized carbons (Fsp3) is 0.182. The maximum Gasteiger partial charge on any atom is 0.264 e. The van der Waals surface area contributed by atoms with Gasteiger partial charge in [-0.15, -0.1) is 0 Å². The van der Waals surface area contributed by atoms with Gasteiger partial charge in [-0.3, -0.25) is 4.31 Å². The first-order chi connectivity index (χ1) is 13.5. The standard InChI is InChI=1S/C22H21NO4S/c1-16-7-6-8-18(13-16)17(2)23(28(24,25)20-9-4-3-5-10-20)19-11-12-21-22(14-19)27-15-26-21/h3-14,17H,15H2,1-2H3. The van der Waals surface area contributed by atoms with Gasteiger partial charge in [-0.05, 0) is 43.7 Å².